The van der Waals surface area contributed by atoms with Crippen LogP contribution in [0.4, 0.5) is 0 Å². The van der Waals surface area contributed by atoms with Crippen molar-refractivity contribution < 1.29 is 0 Å². The van der Waals surface area contributed by atoms with Crippen LogP contribution < -0.4 is 0 Å². The summed E-state index contributed by atoms with van der Waals surface area (Å²) in [7, 11) is 2.29. The summed E-state index contributed by atoms with van der Waals surface area (Å²) in [6.45, 7) is 14.4. The molecule has 3 aliphatic heterocycles. The van der Waals surface area contributed by atoms with Crippen LogP contribution in [-0.4, -0.2) is 73.6 Å². The van der Waals surface area contributed by atoms with E-state index in [0.29, 0.717) is 0 Å². The van der Waals surface area contributed by atoms with Crippen LogP contribution in [0, 0.1) is 29.6 Å². The molecule has 0 aromatic rings. The SMILES string of the molecule is CC(C)N1CC2CC(CN3CC4CN(C)CC4C3)CC2C1. The second-order valence-corrected chi connectivity index (χ2v) is 8.87. The van der Waals surface area contributed by atoms with Gasteiger partial charge in [-0.1, -0.05) is 0 Å². The fourth-order valence-corrected chi connectivity index (χ4v) is 5.87. The second-order valence-electron chi connectivity index (χ2n) is 8.87. The Morgan fingerprint density at radius 2 is 1.38 bits per heavy atom. The van der Waals surface area contributed by atoms with Crippen molar-refractivity contribution >= 4 is 0 Å². The number of rotatable bonds is 3. The van der Waals surface area contributed by atoms with Crippen molar-refractivity contribution in [3.05, 3.63) is 0 Å². The first-order valence-corrected chi connectivity index (χ1v) is 9.23. The van der Waals surface area contributed by atoms with Gasteiger partial charge >= 0.3 is 0 Å². The average molecular weight is 291 g/mol. The summed E-state index contributed by atoms with van der Waals surface area (Å²) >= 11 is 0. The Bertz CT molecular complexity index is 355. The van der Waals surface area contributed by atoms with Crippen LogP contribution in [0.5, 0.6) is 0 Å². The molecule has 0 aromatic heterocycles. The third-order valence-corrected chi connectivity index (χ3v) is 6.87. The summed E-state index contributed by atoms with van der Waals surface area (Å²) in [5.41, 5.74) is 0. The lowest BCUT2D eigenvalue weighted by Gasteiger charge is -2.25. The number of hydrogen-bond donors (Lipinski definition) is 0. The van der Waals surface area contributed by atoms with Gasteiger partial charge in [0.2, 0.25) is 0 Å². The lowest BCUT2D eigenvalue weighted by atomic mass is 10.0. The summed E-state index contributed by atoms with van der Waals surface area (Å²) in [5.74, 6) is 5.00. The maximum Gasteiger partial charge on any atom is 0.00388 e. The topological polar surface area (TPSA) is 9.72 Å². The highest BCUT2D eigenvalue weighted by Crippen LogP contribution is 2.43. The molecule has 1 aliphatic carbocycles. The van der Waals surface area contributed by atoms with E-state index in [0.717, 1.165) is 35.6 Å². The van der Waals surface area contributed by atoms with Gasteiger partial charge in [0.25, 0.3) is 0 Å². The van der Waals surface area contributed by atoms with E-state index in [1.54, 1.807) is 0 Å². The van der Waals surface area contributed by atoms with E-state index < -0.39 is 0 Å². The molecule has 1 saturated carbocycles. The zero-order valence-electron chi connectivity index (χ0n) is 14.2. The van der Waals surface area contributed by atoms with Crippen molar-refractivity contribution in [1.82, 2.24) is 14.7 Å². The van der Waals surface area contributed by atoms with Gasteiger partial charge in [-0.15, -0.1) is 0 Å². The molecule has 0 N–H and O–H groups in total. The fourth-order valence-electron chi connectivity index (χ4n) is 5.87. The first kappa shape index (κ1) is 14.5. The van der Waals surface area contributed by atoms with Crippen LogP contribution in [0.15, 0.2) is 0 Å². The lowest BCUT2D eigenvalue weighted by molar-refractivity contribution is 0.215. The van der Waals surface area contributed by atoms with Gasteiger partial charge in [0.15, 0.2) is 0 Å². The summed E-state index contributed by atoms with van der Waals surface area (Å²) in [4.78, 5) is 8.06. The number of nitrogens with zero attached hydrogens (tertiary/aromatic N) is 3. The second kappa shape index (κ2) is 5.50. The van der Waals surface area contributed by atoms with Crippen molar-refractivity contribution in [3.8, 4) is 0 Å². The van der Waals surface area contributed by atoms with E-state index in [9.17, 15) is 0 Å². The van der Waals surface area contributed by atoms with E-state index in [2.05, 4.69) is 35.6 Å². The monoisotopic (exact) mass is 291 g/mol. The molecule has 4 aliphatic rings. The molecule has 0 bridgehead atoms. The average Bonchev–Trinajstić information content (AvgIpc) is 3.07. The third-order valence-electron chi connectivity index (χ3n) is 6.87. The molecule has 4 rings (SSSR count). The zero-order valence-corrected chi connectivity index (χ0v) is 14.2. The molecular formula is C18H33N3. The summed E-state index contributed by atoms with van der Waals surface area (Å²) < 4.78 is 0. The quantitative estimate of drug-likeness (QED) is 0.786. The number of hydrogen-bond acceptors (Lipinski definition) is 3. The van der Waals surface area contributed by atoms with Crippen LogP contribution >= 0.6 is 0 Å². The smallest absolute Gasteiger partial charge is 0.00388 e. The van der Waals surface area contributed by atoms with Gasteiger partial charge in [-0.25, -0.2) is 0 Å². The Balaban J connectivity index is 1.26. The maximum absolute atomic E-state index is 2.81. The zero-order chi connectivity index (χ0) is 14.6. The van der Waals surface area contributed by atoms with E-state index >= 15 is 0 Å². The van der Waals surface area contributed by atoms with E-state index in [1.165, 1.54) is 58.7 Å². The first-order valence-electron chi connectivity index (χ1n) is 9.23. The van der Waals surface area contributed by atoms with Gasteiger partial charge in [0, 0.05) is 51.9 Å². The summed E-state index contributed by atoms with van der Waals surface area (Å²) in [6.07, 6.45) is 3.03. The summed E-state index contributed by atoms with van der Waals surface area (Å²) in [5, 5.41) is 0. The molecule has 3 saturated heterocycles. The van der Waals surface area contributed by atoms with E-state index in [4.69, 9.17) is 0 Å². The van der Waals surface area contributed by atoms with Crippen LogP contribution in [0.3, 0.4) is 0 Å². The number of likely N-dealkylation sites (tertiary alicyclic amines) is 3. The molecule has 0 spiro atoms. The standard InChI is InChI=1S/C18H33N3/c1-13(2)21-11-15-4-14(5-16(15)12-21)6-20-9-17-7-19(3)8-18(17)10-20/h13-18H,4-12H2,1-3H3. The van der Waals surface area contributed by atoms with Gasteiger partial charge in [-0.3, -0.25) is 0 Å². The minimum absolute atomic E-state index is 0.754. The molecule has 0 amide bonds. The summed E-state index contributed by atoms with van der Waals surface area (Å²) in [6, 6.07) is 0.754. The fraction of sp³-hybridized carbons (Fsp3) is 1.00. The molecule has 3 nitrogen and oxygen atoms in total. The molecule has 4 fully saturated rings. The largest absolute Gasteiger partial charge is 0.306 e. The van der Waals surface area contributed by atoms with Crippen LogP contribution in [0.1, 0.15) is 26.7 Å². The first-order chi connectivity index (χ1) is 10.1. The van der Waals surface area contributed by atoms with Crippen LogP contribution in [-0.2, 0) is 0 Å². The maximum atomic E-state index is 2.81. The minimum Gasteiger partial charge on any atom is -0.306 e. The Morgan fingerprint density at radius 1 is 0.810 bits per heavy atom. The van der Waals surface area contributed by atoms with Gasteiger partial charge in [-0.05, 0) is 63.3 Å². The van der Waals surface area contributed by atoms with Crippen molar-refractivity contribution in [2.75, 3.05) is 52.9 Å². The normalized spacial score (nSPS) is 44.9. The van der Waals surface area contributed by atoms with Gasteiger partial charge < -0.3 is 14.7 Å². The Labute approximate surface area is 130 Å². The van der Waals surface area contributed by atoms with E-state index in [1.807, 2.05) is 0 Å². The minimum atomic E-state index is 0.754. The van der Waals surface area contributed by atoms with Crippen molar-refractivity contribution in [2.24, 2.45) is 29.6 Å². The molecule has 3 heteroatoms. The van der Waals surface area contributed by atoms with Crippen molar-refractivity contribution in [2.45, 2.75) is 32.7 Å². The molecule has 3 heterocycles. The van der Waals surface area contributed by atoms with Gasteiger partial charge in [-0.2, -0.15) is 0 Å². The molecule has 120 valence electrons. The highest BCUT2D eigenvalue weighted by molar-refractivity contribution is 4.96. The highest BCUT2D eigenvalue weighted by atomic mass is 15.2. The molecular weight excluding hydrogens is 258 g/mol. The van der Waals surface area contributed by atoms with Gasteiger partial charge in [0.1, 0.15) is 0 Å². The van der Waals surface area contributed by atoms with E-state index in [-0.39, 0.29) is 0 Å². The molecule has 4 unspecified atom stereocenters. The Morgan fingerprint density at radius 3 is 1.90 bits per heavy atom. The predicted molar refractivity (Wildman–Crippen MR) is 87.3 cm³/mol. The van der Waals surface area contributed by atoms with Crippen LogP contribution in [0.25, 0.3) is 0 Å². The molecule has 21 heavy (non-hydrogen) atoms. The highest BCUT2D eigenvalue weighted by Gasteiger charge is 2.44. The van der Waals surface area contributed by atoms with Crippen LogP contribution in [0.2, 0.25) is 0 Å². The van der Waals surface area contributed by atoms with Crippen molar-refractivity contribution in [1.29, 1.82) is 0 Å². The Kier molecular flexibility index (Phi) is 3.79. The Hall–Kier alpha value is -0.120. The van der Waals surface area contributed by atoms with Crippen molar-refractivity contribution in [3.63, 3.8) is 0 Å². The predicted octanol–water partition coefficient (Wildman–Crippen LogP) is 1.85. The number of fused-ring (bicyclic) bond motifs is 2. The molecule has 4 atom stereocenters. The molecule has 0 aromatic carbocycles. The lowest BCUT2D eigenvalue weighted by Crippen LogP contribution is -2.32. The van der Waals surface area contributed by atoms with Gasteiger partial charge in [0.05, 0.1) is 0 Å². The molecule has 0 radical (unpaired) electrons. The third kappa shape index (κ3) is 2.77.